The number of hydrogen-bond donors (Lipinski definition) is 0. The second-order valence-electron chi connectivity index (χ2n) is 4.33. The van der Waals surface area contributed by atoms with Crippen LogP contribution in [0, 0.1) is 0 Å². The maximum atomic E-state index is 11.2. The van der Waals surface area contributed by atoms with Crippen LogP contribution >= 0.6 is 11.6 Å². The van der Waals surface area contributed by atoms with Gasteiger partial charge in [-0.15, -0.1) is 11.6 Å². The molecule has 0 radical (unpaired) electrons. The summed E-state index contributed by atoms with van der Waals surface area (Å²) < 4.78 is 5.18. The summed E-state index contributed by atoms with van der Waals surface area (Å²) in [5.41, 5.74) is 0.623. The summed E-state index contributed by atoms with van der Waals surface area (Å²) in [6.07, 6.45) is 10.4. The van der Waals surface area contributed by atoms with Gasteiger partial charge in [-0.2, -0.15) is 0 Å². The van der Waals surface area contributed by atoms with Crippen LogP contribution in [0.25, 0.3) is 0 Å². The largest absolute Gasteiger partial charge is 0.455 e. The lowest BCUT2D eigenvalue weighted by Gasteiger charge is -2.07. The quantitative estimate of drug-likeness (QED) is 0.369. The van der Waals surface area contributed by atoms with Crippen molar-refractivity contribution in [1.82, 2.24) is 0 Å². The molecule has 0 fully saturated rings. The van der Waals surface area contributed by atoms with Gasteiger partial charge in [-0.3, -0.25) is 0 Å². The van der Waals surface area contributed by atoms with Crippen molar-refractivity contribution in [3.05, 3.63) is 11.6 Å². The summed E-state index contributed by atoms with van der Waals surface area (Å²) in [7, 11) is 0. The third-order valence-electron chi connectivity index (χ3n) is 2.89. The molecule has 0 unspecified atom stereocenters. The average molecular weight is 245 g/mol. The standard InChI is InChI=1S/C13H21ClO2/c1-2-3-4-5-6-7-8-12-9-11(10-14)13(15)16-12/h9,12H,2-8,10H2,1H3/t12-/m0/s1. The Labute approximate surface area is 103 Å². The predicted octanol–water partition coefficient (Wildman–Crippen LogP) is 3.83. The molecule has 0 amide bonds. The summed E-state index contributed by atoms with van der Waals surface area (Å²) >= 11 is 5.62. The van der Waals surface area contributed by atoms with Gasteiger partial charge in [0.15, 0.2) is 0 Å². The van der Waals surface area contributed by atoms with Gasteiger partial charge in [-0.25, -0.2) is 4.79 Å². The van der Waals surface area contributed by atoms with Gasteiger partial charge in [0.25, 0.3) is 0 Å². The Morgan fingerprint density at radius 2 is 1.94 bits per heavy atom. The summed E-state index contributed by atoms with van der Waals surface area (Å²) in [5, 5.41) is 0. The van der Waals surface area contributed by atoms with Crippen LogP contribution in [-0.4, -0.2) is 18.0 Å². The molecule has 1 aliphatic rings. The molecule has 0 spiro atoms. The fourth-order valence-electron chi connectivity index (χ4n) is 1.91. The van der Waals surface area contributed by atoms with Crippen molar-refractivity contribution in [3.8, 4) is 0 Å². The molecule has 1 atom stereocenters. The molecule has 0 aromatic heterocycles. The maximum Gasteiger partial charge on any atom is 0.335 e. The number of carbonyl (C=O) groups is 1. The molecule has 92 valence electrons. The van der Waals surface area contributed by atoms with Crippen molar-refractivity contribution in [3.63, 3.8) is 0 Å². The summed E-state index contributed by atoms with van der Waals surface area (Å²) in [6, 6.07) is 0. The zero-order valence-electron chi connectivity index (χ0n) is 10.0. The fraction of sp³-hybridized carbons (Fsp3) is 0.769. The maximum absolute atomic E-state index is 11.2. The van der Waals surface area contributed by atoms with E-state index in [4.69, 9.17) is 16.3 Å². The van der Waals surface area contributed by atoms with Crippen molar-refractivity contribution in [2.75, 3.05) is 5.88 Å². The van der Waals surface area contributed by atoms with Crippen molar-refractivity contribution >= 4 is 17.6 Å². The van der Waals surface area contributed by atoms with Crippen LogP contribution in [0.15, 0.2) is 11.6 Å². The number of rotatable bonds is 8. The highest BCUT2D eigenvalue weighted by molar-refractivity contribution is 6.22. The lowest BCUT2D eigenvalue weighted by atomic mass is 10.1. The SMILES string of the molecule is CCCCCCCC[C@H]1C=C(CCl)C(=O)O1. The number of carbonyl (C=O) groups excluding carboxylic acids is 1. The first-order chi connectivity index (χ1) is 7.77. The fourth-order valence-corrected chi connectivity index (χ4v) is 2.11. The first-order valence-corrected chi connectivity index (χ1v) is 6.79. The molecule has 3 heteroatoms. The molecular weight excluding hydrogens is 224 g/mol. The second-order valence-corrected chi connectivity index (χ2v) is 4.59. The molecule has 0 saturated carbocycles. The van der Waals surface area contributed by atoms with Gasteiger partial charge >= 0.3 is 5.97 Å². The monoisotopic (exact) mass is 244 g/mol. The number of hydrogen-bond acceptors (Lipinski definition) is 2. The van der Waals surface area contributed by atoms with Gasteiger partial charge < -0.3 is 4.74 Å². The molecular formula is C13H21ClO2. The summed E-state index contributed by atoms with van der Waals surface area (Å²) in [6.45, 7) is 2.22. The summed E-state index contributed by atoms with van der Waals surface area (Å²) in [4.78, 5) is 11.2. The van der Waals surface area contributed by atoms with Crippen LogP contribution in [-0.2, 0) is 9.53 Å². The molecule has 2 nitrogen and oxygen atoms in total. The van der Waals surface area contributed by atoms with Gasteiger partial charge in [-0.05, 0) is 18.9 Å². The minimum absolute atomic E-state index is 0.0209. The average Bonchev–Trinajstić information content (AvgIpc) is 2.64. The number of halogens is 1. The Hall–Kier alpha value is -0.500. The Morgan fingerprint density at radius 1 is 1.25 bits per heavy atom. The first-order valence-electron chi connectivity index (χ1n) is 6.25. The van der Waals surface area contributed by atoms with Gasteiger partial charge in [0.1, 0.15) is 6.10 Å². The van der Waals surface area contributed by atoms with E-state index < -0.39 is 0 Å². The van der Waals surface area contributed by atoms with Crippen molar-refractivity contribution in [1.29, 1.82) is 0 Å². The number of alkyl halides is 1. The lowest BCUT2D eigenvalue weighted by molar-refractivity contribution is -0.139. The number of unbranched alkanes of at least 4 members (excludes halogenated alkanes) is 5. The molecule has 0 saturated heterocycles. The van der Waals surface area contributed by atoms with E-state index in [9.17, 15) is 4.79 Å². The zero-order valence-corrected chi connectivity index (χ0v) is 10.8. The van der Waals surface area contributed by atoms with Gasteiger partial charge in [-0.1, -0.05) is 39.0 Å². The van der Waals surface area contributed by atoms with Gasteiger partial charge in [0.2, 0.25) is 0 Å². The normalized spacial score (nSPS) is 19.8. The van der Waals surface area contributed by atoms with E-state index in [2.05, 4.69) is 6.92 Å². The van der Waals surface area contributed by atoms with E-state index in [1.807, 2.05) is 6.08 Å². The second kappa shape index (κ2) is 7.72. The van der Waals surface area contributed by atoms with E-state index >= 15 is 0 Å². The molecule has 0 aromatic rings. The molecule has 1 heterocycles. The van der Waals surface area contributed by atoms with Crippen LogP contribution in [0.2, 0.25) is 0 Å². The third-order valence-corrected chi connectivity index (χ3v) is 3.18. The Kier molecular flexibility index (Phi) is 6.55. The van der Waals surface area contributed by atoms with Gasteiger partial charge in [0, 0.05) is 0 Å². The van der Waals surface area contributed by atoms with Crippen LogP contribution < -0.4 is 0 Å². The third kappa shape index (κ3) is 4.56. The topological polar surface area (TPSA) is 26.3 Å². The number of esters is 1. The smallest absolute Gasteiger partial charge is 0.335 e. The molecule has 16 heavy (non-hydrogen) atoms. The molecule has 0 bridgehead atoms. The van der Waals surface area contributed by atoms with Crippen LogP contribution in [0.1, 0.15) is 51.9 Å². The van der Waals surface area contributed by atoms with Crippen molar-refractivity contribution < 1.29 is 9.53 Å². The van der Waals surface area contributed by atoms with Crippen LogP contribution in [0.4, 0.5) is 0 Å². The number of ether oxygens (including phenoxy) is 1. The molecule has 0 aromatic carbocycles. The highest BCUT2D eigenvalue weighted by Gasteiger charge is 2.23. The molecule has 0 N–H and O–H groups in total. The van der Waals surface area contributed by atoms with Gasteiger partial charge in [0.05, 0.1) is 11.5 Å². The Morgan fingerprint density at radius 3 is 2.56 bits per heavy atom. The number of cyclic esters (lactones) is 1. The first kappa shape index (κ1) is 13.6. The Balaban J connectivity index is 2.06. The van der Waals surface area contributed by atoms with E-state index in [1.54, 1.807) is 0 Å². The van der Waals surface area contributed by atoms with Crippen molar-refractivity contribution in [2.24, 2.45) is 0 Å². The molecule has 1 aliphatic heterocycles. The highest BCUT2D eigenvalue weighted by Crippen LogP contribution is 2.20. The molecule has 0 aliphatic carbocycles. The predicted molar refractivity (Wildman–Crippen MR) is 66.7 cm³/mol. The van der Waals surface area contributed by atoms with Crippen molar-refractivity contribution in [2.45, 2.75) is 58.0 Å². The minimum Gasteiger partial charge on any atom is -0.455 e. The molecule has 1 rings (SSSR count). The Bertz CT molecular complexity index is 248. The summed E-state index contributed by atoms with van der Waals surface area (Å²) in [5.74, 6) is 0.0391. The minimum atomic E-state index is -0.231. The zero-order chi connectivity index (χ0) is 11.8. The van der Waals surface area contributed by atoms with E-state index in [-0.39, 0.29) is 18.0 Å². The highest BCUT2D eigenvalue weighted by atomic mass is 35.5. The van der Waals surface area contributed by atoms with E-state index in [1.165, 1.54) is 32.1 Å². The van der Waals surface area contributed by atoms with E-state index in [0.717, 1.165) is 12.8 Å². The lowest BCUT2D eigenvalue weighted by Crippen LogP contribution is -2.08. The van der Waals surface area contributed by atoms with Crippen LogP contribution in [0.5, 0.6) is 0 Å². The van der Waals surface area contributed by atoms with E-state index in [0.29, 0.717) is 5.57 Å². The van der Waals surface area contributed by atoms with Crippen LogP contribution in [0.3, 0.4) is 0 Å².